The van der Waals surface area contributed by atoms with Gasteiger partial charge in [0.1, 0.15) is 10.8 Å². The van der Waals surface area contributed by atoms with Crippen molar-refractivity contribution >= 4 is 45.8 Å². The monoisotopic (exact) mass is 484 g/mol. The molecule has 6 nitrogen and oxygen atoms in total. The van der Waals surface area contributed by atoms with Crippen molar-refractivity contribution in [3.8, 4) is 5.75 Å². The first-order valence-electron chi connectivity index (χ1n) is 11.2. The number of rotatable bonds is 5. The molecule has 0 atom stereocenters. The summed E-state index contributed by atoms with van der Waals surface area (Å²) in [6.45, 7) is 5.32. The first kappa shape index (κ1) is 23.6. The number of halogens is 1. The molecule has 1 saturated heterocycles. The Kier molecular flexibility index (Phi) is 7.29. The van der Waals surface area contributed by atoms with Crippen molar-refractivity contribution in [2.24, 2.45) is 9.98 Å². The lowest BCUT2D eigenvalue weighted by Gasteiger charge is -2.35. The third-order valence-corrected chi connectivity index (χ3v) is 7.34. The fraction of sp³-hybridized carbons (Fsp3) is 0.400. The van der Waals surface area contributed by atoms with E-state index in [9.17, 15) is 4.79 Å². The Balaban J connectivity index is 1.48. The van der Waals surface area contributed by atoms with Crippen LogP contribution in [0.3, 0.4) is 0 Å². The van der Waals surface area contributed by atoms with E-state index in [4.69, 9.17) is 26.3 Å². The topological polar surface area (TPSA) is 66.3 Å². The number of nitrogens with one attached hydrogen (secondary N) is 1. The smallest absolute Gasteiger partial charge is 0.321 e. The van der Waals surface area contributed by atoms with E-state index < -0.39 is 5.66 Å². The summed E-state index contributed by atoms with van der Waals surface area (Å²) in [6, 6.07) is 13.4. The zero-order valence-corrected chi connectivity index (χ0v) is 20.8. The molecule has 0 unspecified atom stereocenters. The number of ether oxygens (including phenoxy) is 1. The van der Waals surface area contributed by atoms with Crippen LogP contribution >= 0.6 is 23.4 Å². The summed E-state index contributed by atoms with van der Waals surface area (Å²) in [5.74, 6) is 1.82. The lowest BCUT2D eigenvalue weighted by atomic mass is 9.98. The zero-order valence-electron chi connectivity index (χ0n) is 19.2. The molecular weight excluding hydrogens is 456 g/mol. The highest BCUT2D eigenvalue weighted by Crippen LogP contribution is 2.36. The van der Waals surface area contributed by atoms with E-state index in [0.29, 0.717) is 31.0 Å². The number of thioether (sulfide) groups is 1. The number of benzene rings is 2. The predicted molar refractivity (Wildman–Crippen MR) is 138 cm³/mol. The molecule has 0 bridgehead atoms. The number of methoxy groups -OCH3 is 1. The Labute approximate surface area is 204 Å². The molecule has 1 fully saturated rings. The minimum Gasteiger partial charge on any atom is -0.497 e. The average Bonchev–Trinajstić information content (AvgIpc) is 3.18. The van der Waals surface area contributed by atoms with E-state index in [-0.39, 0.29) is 6.03 Å². The van der Waals surface area contributed by atoms with Gasteiger partial charge in [-0.1, -0.05) is 24.6 Å². The predicted octanol–water partition coefficient (Wildman–Crippen LogP) is 6.03. The van der Waals surface area contributed by atoms with Gasteiger partial charge >= 0.3 is 6.03 Å². The maximum atomic E-state index is 12.9. The van der Waals surface area contributed by atoms with Gasteiger partial charge in [-0.05, 0) is 61.1 Å². The van der Waals surface area contributed by atoms with Gasteiger partial charge < -0.3 is 15.0 Å². The Hall–Kier alpha value is -2.51. The molecule has 174 valence electrons. The molecule has 1 spiro atoms. The maximum absolute atomic E-state index is 12.9. The van der Waals surface area contributed by atoms with E-state index in [1.807, 2.05) is 48.2 Å². The second-order valence-electron chi connectivity index (χ2n) is 8.31. The summed E-state index contributed by atoms with van der Waals surface area (Å²) >= 11 is 7.85. The highest BCUT2D eigenvalue weighted by Gasteiger charge is 2.40. The highest BCUT2D eigenvalue weighted by atomic mass is 35.5. The molecule has 0 radical (unpaired) electrons. The number of piperidine rings is 1. The van der Waals surface area contributed by atoms with Gasteiger partial charge in [0.25, 0.3) is 0 Å². The number of carbonyl (C=O) groups excluding carboxylic acids is 1. The van der Waals surface area contributed by atoms with Gasteiger partial charge in [0.05, 0.1) is 12.8 Å². The molecule has 2 aromatic rings. The molecule has 33 heavy (non-hydrogen) atoms. The van der Waals surface area contributed by atoms with Crippen molar-refractivity contribution in [2.75, 3.05) is 31.3 Å². The molecule has 2 aliphatic heterocycles. The van der Waals surface area contributed by atoms with Crippen LogP contribution in [0.4, 0.5) is 10.5 Å². The second kappa shape index (κ2) is 10.2. The van der Waals surface area contributed by atoms with Crippen LogP contribution < -0.4 is 10.1 Å². The van der Waals surface area contributed by atoms with Crippen LogP contribution in [0.25, 0.3) is 0 Å². The largest absolute Gasteiger partial charge is 0.497 e. The van der Waals surface area contributed by atoms with Crippen LogP contribution in [-0.2, 0) is 0 Å². The van der Waals surface area contributed by atoms with Crippen molar-refractivity contribution in [2.45, 2.75) is 38.8 Å². The quantitative estimate of drug-likeness (QED) is 0.563. The standard InChI is InChI=1S/C25H29ClN4O2S/c1-4-15-33-23-22(18-6-9-20(32-3)10-7-18)28-25(29-23)11-13-30(14-12-25)24(31)27-21-16-19(26)8-5-17(21)2/h5-10,16H,4,11-15H2,1-3H3,(H,27,31). The number of urea groups is 1. The Morgan fingerprint density at radius 3 is 2.58 bits per heavy atom. The van der Waals surface area contributed by atoms with Gasteiger partial charge in [-0.3, -0.25) is 4.99 Å². The Morgan fingerprint density at radius 1 is 1.18 bits per heavy atom. The average molecular weight is 485 g/mol. The molecule has 2 aliphatic rings. The summed E-state index contributed by atoms with van der Waals surface area (Å²) in [5, 5.41) is 4.59. The fourth-order valence-corrected chi connectivity index (χ4v) is 5.08. The Morgan fingerprint density at radius 2 is 1.91 bits per heavy atom. The molecular formula is C25H29ClN4O2S. The van der Waals surface area contributed by atoms with Gasteiger partial charge in [0, 0.05) is 42.2 Å². The molecule has 2 amide bonds. The van der Waals surface area contributed by atoms with E-state index in [1.165, 1.54) is 0 Å². The first-order valence-corrected chi connectivity index (χ1v) is 12.6. The second-order valence-corrected chi connectivity index (χ2v) is 9.83. The van der Waals surface area contributed by atoms with Crippen LogP contribution in [0.5, 0.6) is 5.75 Å². The van der Waals surface area contributed by atoms with E-state index in [0.717, 1.165) is 45.5 Å². The van der Waals surface area contributed by atoms with Gasteiger partial charge in [-0.2, -0.15) is 0 Å². The normalized spacial score (nSPS) is 17.0. The van der Waals surface area contributed by atoms with Crippen molar-refractivity contribution in [3.05, 3.63) is 58.6 Å². The van der Waals surface area contributed by atoms with Crippen molar-refractivity contribution < 1.29 is 9.53 Å². The third-order valence-electron chi connectivity index (χ3n) is 5.93. The van der Waals surface area contributed by atoms with Gasteiger partial charge in [-0.15, -0.1) is 11.8 Å². The summed E-state index contributed by atoms with van der Waals surface area (Å²) in [7, 11) is 1.67. The molecule has 2 heterocycles. The molecule has 0 aromatic heterocycles. The van der Waals surface area contributed by atoms with Crippen LogP contribution in [0.1, 0.15) is 37.3 Å². The van der Waals surface area contributed by atoms with Crippen molar-refractivity contribution in [3.63, 3.8) is 0 Å². The van der Waals surface area contributed by atoms with Crippen molar-refractivity contribution in [1.82, 2.24) is 4.90 Å². The van der Waals surface area contributed by atoms with E-state index in [1.54, 1.807) is 24.9 Å². The van der Waals surface area contributed by atoms with Gasteiger partial charge in [-0.25, -0.2) is 9.79 Å². The molecule has 1 N–H and O–H groups in total. The summed E-state index contributed by atoms with van der Waals surface area (Å²) < 4.78 is 5.30. The minimum atomic E-state index is -0.492. The lowest BCUT2D eigenvalue weighted by Crippen LogP contribution is -2.46. The van der Waals surface area contributed by atoms with Crippen LogP contribution in [0.2, 0.25) is 5.02 Å². The Bertz CT molecular complexity index is 1080. The summed E-state index contributed by atoms with van der Waals surface area (Å²) in [5.41, 5.74) is 3.22. The summed E-state index contributed by atoms with van der Waals surface area (Å²) in [6.07, 6.45) is 2.47. The maximum Gasteiger partial charge on any atom is 0.321 e. The highest BCUT2D eigenvalue weighted by molar-refractivity contribution is 8.15. The SMILES string of the molecule is CCCSC1=NC2(CCN(C(=O)Nc3cc(Cl)ccc3C)CC2)N=C1c1ccc(OC)cc1. The third kappa shape index (κ3) is 5.36. The number of likely N-dealkylation sites (tertiary alicyclic amines) is 1. The molecule has 8 heteroatoms. The van der Waals surface area contributed by atoms with Crippen LogP contribution in [0, 0.1) is 6.92 Å². The van der Waals surface area contributed by atoms with Crippen LogP contribution in [-0.4, -0.2) is 53.3 Å². The van der Waals surface area contributed by atoms with Crippen molar-refractivity contribution in [1.29, 1.82) is 0 Å². The minimum absolute atomic E-state index is 0.114. The molecule has 0 aliphatic carbocycles. The number of nitrogens with zero attached hydrogens (tertiary/aromatic N) is 3. The number of amides is 2. The number of hydrogen-bond donors (Lipinski definition) is 1. The summed E-state index contributed by atoms with van der Waals surface area (Å²) in [4.78, 5) is 24.9. The number of aliphatic imine (C=N–C) groups is 2. The lowest BCUT2D eigenvalue weighted by molar-refractivity contribution is 0.175. The number of carbonyl (C=O) groups is 1. The number of anilines is 1. The number of hydrogen-bond acceptors (Lipinski definition) is 5. The number of aryl methyl sites for hydroxylation is 1. The molecule has 2 aromatic carbocycles. The van der Waals surface area contributed by atoms with E-state index >= 15 is 0 Å². The van der Waals surface area contributed by atoms with Gasteiger partial charge in [0.15, 0.2) is 5.66 Å². The zero-order chi connectivity index (χ0) is 23.4. The first-order chi connectivity index (χ1) is 15.9. The van der Waals surface area contributed by atoms with E-state index in [2.05, 4.69) is 12.2 Å². The molecule has 0 saturated carbocycles. The van der Waals surface area contributed by atoms with Gasteiger partial charge in [0.2, 0.25) is 0 Å². The van der Waals surface area contributed by atoms with Crippen LogP contribution in [0.15, 0.2) is 52.4 Å². The fourth-order valence-electron chi connectivity index (χ4n) is 3.97. The molecule has 4 rings (SSSR count).